The van der Waals surface area contributed by atoms with E-state index in [1.807, 2.05) is 26.8 Å². The van der Waals surface area contributed by atoms with Crippen molar-refractivity contribution in [3.05, 3.63) is 70.7 Å². The summed E-state index contributed by atoms with van der Waals surface area (Å²) in [5.74, 6) is -1.51. The molecule has 2 N–H and O–H groups in total. The third-order valence-corrected chi connectivity index (χ3v) is 8.10. The predicted octanol–water partition coefficient (Wildman–Crippen LogP) is 3.83. The first-order chi connectivity index (χ1) is 20.1. The number of carbonyl (C=O) groups is 4. The summed E-state index contributed by atoms with van der Waals surface area (Å²) >= 11 is 0. The van der Waals surface area contributed by atoms with Gasteiger partial charge >= 0.3 is 0 Å². The second-order valence-corrected chi connectivity index (χ2v) is 11.6. The first kappa shape index (κ1) is 29.3. The van der Waals surface area contributed by atoms with Gasteiger partial charge in [-0.25, -0.2) is 4.39 Å². The Hall–Kier alpha value is -4.21. The fourth-order valence-electron chi connectivity index (χ4n) is 5.73. The van der Waals surface area contributed by atoms with E-state index in [4.69, 9.17) is 4.42 Å². The Balaban J connectivity index is 1.45. The Morgan fingerprint density at radius 1 is 1.07 bits per heavy atom. The first-order valence-electron chi connectivity index (χ1n) is 14.6. The van der Waals surface area contributed by atoms with Gasteiger partial charge in [0.25, 0.3) is 11.8 Å². The van der Waals surface area contributed by atoms with E-state index in [1.54, 1.807) is 30.3 Å². The maximum Gasteiger partial charge on any atom is 0.257 e. The van der Waals surface area contributed by atoms with Crippen molar-refractivity contribution in [3.8, 4) is 0 Å². The van der Waals surface area contributed by atoms with Crippen molar-refractivity contribution in [1.29, 1.82) is 0 Å². The van der Waals surface area contributed by atoms with Crippen LogP contribution in [0.25, 0.3) is 11.0 Å². The molecule has 9 nitrogen and oxygen atoms in total. The lowest BCUT2D eigenvalue weighted by Gasteiger charge is -2.32. The van der Waals surface area contributed by atoms with Gasteiger partial charge in [0.15, 0.2) is 0 Å². The maximum absolute atomic E-state index is 14.8. The van der Waals surface area contributed by atoms with Gasteiger partial charge in [0.05, 0.1) is 12.1 Å². The molecule has 4 amide bonds. The second kappa shape index (κ2) is 12.3. The largest absolute Gasteiger partial charge is 0.461 e. The molecule has 1 saturated heterocycles. The zero-order valence-corrected chi connectivity index (χ0v) is 24.2. The minimum absolute atomic E-state index is 0.0532. The number of hydrogen-bond acceptors (Lipinski definition) is 5. The van der Waals surface area contributed by atoms with Crippen molar-refractivity contribution >= 4 is 34.6 Å². The SMILES string of the molecule is Cc1cc2cc(C(=O)N3CC(=O)NCCCc4ccc(F)c(c4)C(=O)N4CCC[C@H]4C(=O)N[C@H](C(C)C)C3)ccc2o1. The number of carbonyl (C=O) groups excluding carboxylic acids is 4. The predicted molar refractivity (Wildman–Crippen MR) is 155 cm³/mol. The van der Waals surface area contributed by atoms with Crippen LogP contribution in [0.3, 0.4) is 0 Å². The molecule has 3 aromatic rings. The molecule has 2 atom stereocenters. The highest BCUT2D eigenvalue weighted by Gasteiger charge is 2.37. The fourth-order valence-corrected chi connectivity index (χ4v) is 5.73. The van der Waals surface area contributed by atoms with Gasteiger partial charge in [-0.15, -0.1) is 0 Å². The van der Waals surface area contributed by atoms with Gasteiger partial charge in [-0.2, -0.15) is 0 Å². The van der Waals surface area contributed by atoms with E-state index in [-0.39, 0.29) is 42.3 Å². The number of rotatable bonds is 2. The van der Waals surface area contributed by atoms with Crippen LogP contribution in [0.5, 0.6) is 0 Å². The monoisotopic (exact) mass is 576 g/mol. The summed E-state index contributed by atoms with van der Waals surface area (Å²) in [5.41, 5.74) is 1.78. The number of nitrogens with zero attached hydrogens (tertiary/aromatic N) is 2. The zero-order valence-electron chi connectivity index (χ0n) is 24.2. The summed E-state index contributed by atoms with van der Waals surface area (Å²) in [6.45, 7) is 6.29. The number of furan rings is 1. The number of nitrogens with one attached hydrogen (secondary N) is 2. The van der Waals surface area contributed by atoms with Crippen LogP contribution in [0.2, 0.25) is 0 Å². The molecule has 0 unspecified atom stereocenters. The highest BCUT2D eigenvalue weighted by molar-refractivity contribution is 6.00. The highest BCUT2D eigenvalue weighted by Crippen LogP contribution is 2.24. The Morgan fingerprint density at radius 3 is 2.67 bits per heavy atom. The van der Waals surface area contributed by atoms with E-state index >= 15 is 0 Å². The van der Waals surface area contributed by atoms with Crippen molar-refractivity contribution in [2.45, 2.75) is 58.5 Å². The normalized spacial score (nSPS) is 20.8. The molecule has 3 heterocycles. The lowest BCUT2D eigenvalue weighted by Crippen LogP contribution is -2.54. The van der Waals surface area contributed by atoms with Crippen LogP contribution in [0.4, 0.5) is 4.39 Å². The molecular weight excluding hydrogens is 539 g/mol. The third-order valence-electron chi connectivity index (χ3n) is 8.10. The number of benzene rings is 2. The van der Waals surface area contributed by atoms with Crippen LogP contribution in [-0.2, 0) is 16.0 Å². The van der Waals surface area contributed by atoms with Gasteiger partial charge in [0.1, 0.15) is 23.2 Å². The zero-order chi connectivity index (χ0) is 30.0. The molecule has 42 heavy (non-hydrogen) atoms. The fraction of sp³-hybridized carbons (Fsp3) is 0.438. The quantitative estimate of drug-likeness (QED) is 0.482. The number of fused-ring (bicyclic) bond motifs is 4. The lowest BCUT2D eigenvalue weighted by molar-refractivity contribution is -0.126. The molecule has 0 saturated carbocycles. The van der Waals surface area contributed by atoms with E-state index in [1.165, 1.54) is 15.9 Å². The van der Waals surface area contributed by atoms with Crippen molar-refractivity contribution in [2.75, 3.05) is 26.2 Å². The van der Waals surface area contributed by atoms with E-state index < -0.39 is 23.8 Å². The summed E-state index contributed by atoms with van der Waals surface area (Å²) < 4.78 is 20.4. The molecule has 2 bridgehead atoms. The Morgan fingerprint density at radius 2 is 1.88 bits per heavy atom. The molecule has 0 spiro atoms. The molecule has 0 aliphatic carbocycles. The molecule has 2 aliphatic rings. The van der Waals surface area contributed by atoms with E-state index in [0.29, 0.717) is 49.9 Å². The molecule has 1 aromatic heterocycles. The number of aryl methyl sites for hydroxylation is 2. The average molecular weight is 577 g/mol. The van der Waals surface area contributed by atoms with Gasteiger partial charge in [-0.05, 0) is 80.5 Å². The Bertz CT molecular complexity index is 1520. The van der Waals surface area contributed by atoms with Gasteiger partial charge < -0.3 is 24.9 Å². The van der Waals surface area contributed by atoms with Crippen LogP contribution < -0.4 is 10.6 Å². The van der Waals surface area contributed by atoms with Crippen molar-refractivity contribution in [3.63, 3.8) is 0 Å². The molecule has 2 aliphatic heterocycles. The maximum atomic E-state index is 14.8. The van der Waals surface area contributed by atoms with Crippen molar-refractivity contribution in [2.24, 2.45) is 5.92 Å². The summed E-state index contributed by atoms with van der Waals surface area (Å²) in [5, 5.41) is 6.70. The molecule has 5 rings (SSSR count). The van der Waals surface area contributed by atoms with Gasteiger partial charge in [-0.3, -0.25) is 19.2 Å². The highest BCUT2D eigenvalue weighted by atomic mass is 19.1. The summed E-state index contributed by atoms with van der Waals surface area (Å²) in [6.07, 6.45) is 2.17. The molecule has 0 radical (unpaired) electrons. The van der Waals surface area contributed by atoms with Crippen molar-refractivity contribution < 1.29 is 28.0 Å². The summed E-state index contributed by atoms with van der Waals surface area (Å²) in [6, 6.07) is 10.2. The first-order valence-corrected chi connectivity index (χ1v) is 14.6. The molecule has 10 heteroatoms. The molecular formula is C32H37FN4O5. The average Bonchev–Trinajstić information content (AvgIpc) is 3.59. The molecule has 1 fully saturated rings. The van der Waals surface area contributed by atoms with Crippen LogP contribution in [0.1, 0.15) is 65.1 Å². The number of hydrogen-bond donors (Lipinski definition) is 2. The smallest absolute Gasteiger partial charge is 0.257 e. The van der Waals surface area contributed by atoms with Crippen LogP contribution in [0.15, 0.2) is 46.9 Å². The third kappa shape index (κ3) is 6.32. The second-order valence-electron chi connectivity index (χ2n) is 11.6. The summed E-state index contributed by atoms with van der Waals surface area (Å²) in [7, 11) is 0. The molecule has 2 aromatic carbocycles. The van der Waals surface area contributed by atoms with Crippen molar-refractivity contribution in [1.82, 2.24) is 20.4 Å². The topological polar surface area (TPSA) is 112 Å². The van der Waals surface area contributed by atoms with Gasteiger partial charge in [0, 0.05) is 36.6 Å². The van der Waals surface area contributed by atoms with Gasteiger partial charge in [-0.1, -0.05) is 19.9 Å². The molecule has 222 valence electrons. The van der Waals surface area contributed by atoms with Crippen LogP contribution in [0, 0.1) is 18.7 Å². The minimum atomic E-state index is -0.753. The summed E-state index contributed by atoms with van der Waals surface area (Å²) in [4.78, 5) is 56.8. The number of amides is 4. The number of halogens is 1. The minimum Gasteiger partial charge on any atom is -0.461 e. The van der Waals surface area contributed by atoms with Crippen LogP contribution in [-0.4, -0.2) is 71.7 Å². The lowest BCUT2D eigenvalue weighted by atomic mass is 10.0. The standard InChI is InChI=1S/C32H37FN4O5/c1-19(2)26-17-36(31(40)22-9-11-28-23(16-22)14-20(3)42-28)18-29(38)34-12-4-6-21-8-10-25(33)24(15-21)32(41)37-13-5-7-27(37)30(39)35-26/h8-11,14-16,19,26-27H,4-7,12-13,17-18H2,1-3H3,(H,34,38)(H,35,39)/t26-,27-/m0/s1. The Labute approximate surface area is 244 Å². The van der Waals surface area contributed by atoms with E-state index in [2.05, 4.69) is 10.6 Å². The van der Waals surface area contributed by atoms with E-state index in [9.17, 15) is 23.6 Å². The van der Waals surface area contributed by atoms with Gasteiger partial charge in [0.2, 0.25) is 11.8 Å². The Kier molecular flexibility index (Phi) is 8.61. The van der Waals surface area contributed by atoms with E-state index in [0.717, 1.165) is 16.7 Å². The van der Waals surface area contributed by atoms with Crippen LogP contribution >= 0.6 is 0 Å².